The van der Waals surface area contributed by atoms with Crippen molar-refractivity contribution in [3.05, 3.63) is 82.5 Å². The van der Waals surface area contributed by atoms with Gasteiger partial charge < -0.3 is 10.3 Å². The van der Waals surface area contributed by atoms with Crippen molar-refractivity contribution in [2.75, 3.05) is 0 Å². The van der Waals surface area contributed by atoms with Gasteiger partial charge in [-0.25, -0.2) is 0 Å². The van der Waals surface area contributed by atoms with Gasteiger partial charge in [0, 0.05) is 17.9 Å². The van der Waals surface area contributed by atoms with Crippen molar-refractivity contribution < 1.29 is 4.79 Å². The molecule has 0 aliphatic rings. The first-order chi connectivity index (χ1) is 12.0. The minimum Gasteiger partial charge on any atom is -0.366 e. The smallest absolute Gasteiger partial charge is 0.250 e. The van der Waals surface area contributed by atoms with Gasteiger partial charge >= 0.3 is 0 Å². The Balaban J connectivity index is 2.11. The summed E-state index contributed by atoms with van der Waals surface area (Å²) >= 11 is 0. The maximum absolute atomic E-state index is 11.8. The lowest BCUT2D eigenvalue weighted by atomic mass is 10.1. The number of hydrogen-bond donors (Lipinski definition) is 1. The number of rotatable bonds is 4. The number of carbonyl (C=O) groups excluding carboxylic acids is 1. The molecule has 2 N–H and O–H groups in total. The van der Waals surface area contributed by atoms with Crippen LogP contribution in [0.3, 0.4) is 0 Å². The fourth-order valence-corrected chi connectivity index (χ4v) is 3.05. The molecule has 0 aliphatic carbocycles. The molecule has 1 aromatic heterocycles. The lowest BCUT2D eigenvalue weighted by Gasteiger charge is -2.13. The van der Waals surface area contributed by atoms with Crippen LogP contribution in [0.4, 0.5) is 0 Å². The molecule has 0 radical (unpaired) electrons. The Bertz CT molecular complexity index is 975. The zero-order chi connectivity index (χ0) is 18.0. The average molecular weight is 329 g/mol. The highest BCUT2D eigenvalue weighted by molar-refractivity contribution is 5.95. The summed E-state index contributed by atoms with van der Waals surface area (Å²) < 4.78 is 2.09. The third-order valence-electron chi connectivity index (χ3n) is 4.36. The highest BCUT2D eigenvalue weighted by Crippen LogP contribution is 2.27. The Morgan fingerprint density at radius 3 is 2.44 bits per heavy atom. The van der Waals surface area contributed by atoms with Gasteiger partial charge in [-0.2, -0.15) is 5.26 Å². The van der Waals surface area contributed by atoms with Crippen LogP contribution in [0.1, 0.15) is 32.7 Å². The first kappa shape index (κ1) is 16.5. The molecule has 1 amide bonds. The topological polar surface area (TPSA) is 71.8 Å². The quantitative estimate of drug-likeness (QED) is 0.791. The van der Waals surface area contributed by atoms with Crippen LogP contribution in [0.5, 0.6) is 0 Å². The number of primary amides is 1. The summed E-state index contributed by atoms with van der Waals surface area (Å²) in [7, 11) is 0. The molecular weight excluding hydrogens is 310 g/mol. The van der Waals surface area contributed by atoms with E-state index in [1.165, 1.54) is 5.56 Å². The van der Waals surface area contributed by atoms with Gasteiger partial charge in [-0.05, 0) is 43.2 Å². The Hall–Kier alpha value is -3.32. The predicted molar refractivity (Wildman–Crippen MR) is 98.1 cm³/mol. The number of hydrogen-bond acceptors (Lipinski definition) is 2. The van der Waals surface area contributed by atoms with Gasteiger partial charge in [-0.3, -0.25) is 4.79 Å². The highest BCUT2D eigenvalue weighted by atomic mass is 16.1. The van der Waals surface area contributed by atoms with Crippen molar-refractivity contribution in [1.29, 1.82) is 5.26 Å². The van der Waals surface area contributed by atoms with E-state index < -0.39 is 5.91 Å². The maximum atomic E-state index is 11.8. The predicted octanol–water partition coefficient (Wildman–Crippen LogP) is 3.79. The fourth-order valence-electron chi connectivity index (χ4n) is 3.05. The standard InChI is InChI=1S/C21H19N3O/c1-14-4-3-5-17(10-14)13-24-15(2)19(21(23)25)11-20(24)18-8-6-16(12-22)7-9-18/h3-11H,13H2,1-2H3,(H2,23,25). The number of aromatic nitrogens is 1. The van der Waals surface area contributed by atoms with Gasteiger partial charge in [0.05, 0.1) is 17.2 Å². The molecule has 0 fully saturated rings. The third-order valence-corrected chi connectivity index (χ3v) is 4.36. The molecule has 0 saturated carbocycles. The van der Waals surface area contributed by atoms with E-state index >= 15 is 0 Å². The van der Waals surface area contributed by atoms with Gasteiger partial charge in [0.1, 0.15) is 0 Å². The van der Waals surface area contributed by atoms with E-state index in [0.717, 1.165) is 22.5 Å². The number of nitrogens with two attached hydrogens (primary N) is 1. The van der Waals surface area contributed by atoms with Crippen molar-refractivity contribution in [3.63, 3.8) is 0 Å². The van der Waals surface area contributed by atoms with Crippen LogP contribution >= 0.6 is 0 Å². The summed E-state index contributed by atoms with van der Waals surface area (Å²) in [5.74, 6) is -0.435. The molecule has 0 bridgehead atoms. The van der Waals surface area contributed by atoms with Gasteiger partial charge in [0.2, 0.25) is 0 Å². The Morgan fingerprint density at radius 2 is 1.84 bits per heavy atom. The number of nitrogens with zero attached hydrogens (tertiary/aromatic N) is 2. The largest absolute Gasteiger partial charge is 0.366 e. The number of benzene rings is 2. The molecule has 4 nitrogen and oxygen atoms in total. The van der Waals surface area contributed by atoms with Crippen LogP contribution in [-0.4, -0.2) is 10.5 Å². The molecule has 0 saturated heterocycles. The molecule has 25 heavy (non-hydrogen) atoms. The molecule has 3 aromatic rings. The summed E-state index contributed by atoms with van der Waals surface area (Å²) in [4.78, 5) is 11.8. The first-order valence-corrected chi connectivity index (χ1v) is 8.05. The van der Waals surface area contributed by atoms with Crippen LogP contribution < -0.4 is 5.73 Å². The average Bonchev–Trinajstić information content (AvgIpc) is 2.92. The van der Waals surface area contributed by atoms with E-state index in [1.54, 1.807) is 12.1 Å². The molecule has 4 heteroatoms. The van der Waals surface area contributed by atoms with Crippen LogP contribution in [0.15, 0.2) is 54.6 Å². The zero-order valence-corrected chi connectivity index (χ0v) is 14.3. The van der Waals surface area contributed by atoms with E-state index in [2.05, 4.69) is 35.8 Å². The second kappa shape index (κ2) is 6.66. The Morgan fingerprint density at radius 1 is 1.12 bits per heavy atom. The molecule has 2 aromatic carbocycles. The molecule has 0 unspecified atom stereocenters. The molecule has 3 rings (SSSR count). The van der Waals surface area contributed by atoms with Crippen LogP contribution in [-0.2, 0) is 6.54 Å². The highest BCUT2D eigenvalue weighted by Gasteiger charge is 2.17. The molecule has 0 aliphatic heterocycles. The van der Waals surface area contributed by atoms with Crippen LogP contribution in [0.25, 0.3) is 11.3 Å². The SMILES string of the molecule is Cc1cccc(Cn2c(-c3ccc(C#N)cc3)cc(C(N)=O)c2C)c1. The van der Waals surface area contributed by atoms with Gasteiger partial charge in [-0.15, -0.1) is 0 Å². The Labute approximate surface area is 147 Å². The summed E-state index contributed by atoms with van der Waals surface area (Å²) in [6, 6.07) is 19.6. The van der Waals surface area contributed by atoms with E-state index in [0.29, 0.717) is 17.7 Å². The van der Waals surface area contributed by atoms with Gasteiger partial charge in [0.15, 0.2) is 0 Å². The minimum atomic E-state index is -0.435. The zero-order valence-electron chi connectivity index (χ0n) is 14.3. The van der Waals surface area contributed by atoms with E-state index in [4.69, 9.17) is 11.0 Å². The lowest BCUT2D eigenvalue weighted by Crippen LogP contribution is -2.12. The fraction of sp³-hybridized carbons (Fsp3) is 0.143. The second-order valence-electron chi connectivity index (χ2n) is 6.16. The van der Waals surface area contributed by atoms with Crippen molar-refractivity contribution in [2.45, 2.75) is 20.4 Å². The van der Waals surface area contributed by atoms with Gasteiger partial charge in [-0.1, -0.05) is 42.0 Å². The second-order valence-corrected chi connectivity index (χ2v) is 6.16. The summed E-state index contributed by atoms with van der Waals surface area (Å²) in [6.45, 7) is 4.61. The van der Waals surface area contributed by atoms with Crippen molar-refractivity contribution >= 4 is 5.91 Å². The van der Waals surface area contributed by atoms with E-state index in [9.17, 15) is 4.79 Å². The first-order valence-electron chi connectivity index (χ1n) is 8.05. The Kier molecular flexibility index (Phi) is 4.40. The van der Waals surface area contributed by atoms with Crippen molar-refractivity contribution in [3.8, 4) is 17.3 Å². The van der Waals surface area contributed by atoms with Crippen molar-refractivity contribution in [1.82, 2.24) is 4.57 Å². The molecule has 0 spiro atoms. The number of carbonyl (C=O) groups is 1. The summed E-state index contributed by atoms with van der Waals surface area (Å²) in [5.41, 5.74) is 11.7. The molecule has 1 heterocycles. The molecule has 124 valence electrons. The van der Waals surface area contributed by atoms with E-state index in [-0.39, 0.29) is 0 Å². The van der Waals surface area contributed by atoms with Crippen LogP contribution in [0.2, 0.25) is 0 Å². The normalized spacial score (nSPS) is 10.4. The van der Waals surface area contributed by atoms with Gasteiger partial charge in [0.25, 0.3) is 5.91 Å². The number of amides is 1. The summed E-state index contributed by atoms with van der Waals surface area (Å²) in [6.07, 6.45) is 0. The molecular formula is C21H19N3O. The lowest BCUT2D eigenvalue weighted by molar-refractivity contribution is 0.0999. The number of nitriles is 1. The minimum absolute atomic E-state index is 0.435. The van der Waals surface area contributed by atoms with Crippen molar-refractivity contribution in [2.24, 2.45) is 5.73 Å². The third kappa shape index (κ3) is 3.31. The maximum Gasteiger partial charge on any atom is 0.250 e. The number of aryl methyl sites for hydroxylation is 1. The molecule has 0 atom stereocenters. The van der Waals surface area contributed by atoms with E-state index in [1.807, 2.05) is 31.2 Å². The monoisotopic (exact) mass is 329 g/mol. The summed E-state index contributed by atoms with van der Waals surface area (Å²) in [5, 5.41) is 8.98. The van der Waals surface area contributed by atoms with Crippen LogP contribution in [0, 0.1) is 25.2 Å².